The molecule has 0 aliphatic heterocycles. The number of aromatic nitrogens is 4. The van der Waals surface area contributed by atoms with Crippen LogP contribution in [0.25, 0.3) is 11.0 Å². The Bertz CT molecular complexity index is 1010. The van der Waals surface area contributed by atoms with Crippen molar-refractivity contribution >= 4 is 40.1 Å². The number of anilines is 3. The topological polar surface area (TPSA) is 78.9 Å². The van der Waals surface area contributed by atoms with Crippen molar-refractivity contribution < 1.29 is 4.39 Å². The Labute approximate surface area is 173 Å². The van der Waals surface area contributed by atoms with Gasteiger partial charge in [0.25, 0.3) is 0 Å². The molecule has 1 fully saturated rings. The van der Waals surface area contributed by atoms with Gasteiger partial charge in [0, 0.05) is 17.8 Å². The molecule has 3 aromatic rings. The normalized spacial score (nSPS) is 19.5. The standard InChI is InChI=1S/C20H23ClFN7/c1-29(2)14-5-3-4-12(8-14)27-20-23-10-17-18(28-20)19(25-11-24-17)26-13-6-7-16(22)15(21)9-13/h6-7,9-12,14H,3-5,8H2,1-2H3,(H,23,27,28)(H,24,25,26). The zero-order chi connectivity index (χ0) is 20.4. The second-order valence-corrected chi connectivity index (χ2v) is 7.94. The predicted octanol–water partition coefficient (Wildman–Crippen LogP) is 4.24. The predicted molar refractivity (Wildman–Crippen MR) is 113 cm³/mol. The van der Waals surface area contributed by atoms with Crippen LogP contribution in [0.3, 0.4) is 0 Å². The summed E-state index contributed by atoms with van der Waals surface area (Å²) in [6.07, 6.45) is 7.66. The third kappa shape index (κ3) is 4.54. The number of hydrogen-bond acceptors (Lipinski definition) is 7. The Hall–Kier alpha value is -2.58. The molecule has 1 aromatic carbocycles. The number of rotatable bonds is 5. The lowest BCUT2D eigenvalue weighted by molar-refractivity contribution is 0.219. The van der Waals surface area contributed by atoms with Crippen LogP contribution in [0.4, 0.5) is 21.8 Å². The second-order valence-electron chi connectivity index (χ2n) is 7.53. The molecule has 2 aromatic heterocycles. The highest BCUT2D eigenvalue weighted by Crippen LogP contribution is 2.27. The summed E-state index contributed by atoms with van der Waals surface area (Å²) in [6.45, 7) is 0. The molecule has 0 radical (unpaired) electrons. The summed E-state index contributed by atoms with van der Waals surface area (Å²) in [5.41, 5.74) is 1.83. The van der Waals surface area contributed by atoms with E-state index in [1.54, 1.807) is 12.3 Å². The third-order valence-electron chi connectivity index (χ3n) is 5.27. The molecule has 0 spiro atoms. The van der Waals surface area contributed by atoms with Crippen molar-refractivity contribution in [1.82, 2.24) is 24.8 Å². The van der Waals surface area contributed by atoms with Crippen LogP contribution in [0.5, 0.6) is 0 Å². The van der Waals surface area contributed by atoms with E-state index in [-0.39, 0.29) is 5.02 Å². The second kappa shape index (κ2) is 8.42. The maximum atomic E-state index is 13.4. The van der Waals surface area contributed by atoms with Gasteiger partial charge in [-0.25, -0.2) is 24.3 Å². The van der Waals surface area contributed by atoms with Gasteiger partial charge in [-0.15, -0.1) is 0 Å². The summed E-state index contributed by atoms with van der Waals surface area (Å²) in [5.74, 6) is 0.594. The average Bonchev–Trinajstić information content (AvgIpc) is 2.71. The minimum Gasteiger partial charge on any atom is -0.351 e. The maximum Gasteiger partial charge on any atom is 0.223 e. The Morgan fingerprint density at radius 1 is 1.17 bits per heavy atom. The first kappa shape index (κ1) is 19.7. The minimum atomic E-state index is -0.470. The first-order chi connectivity index (χ1) is 14.0. The van der Waals surface area contributed by atoms with E-state index in [1.165, 1.54) is 31.3 Å². The van der Waals surface area contributed by atoms with E-state index in [0.29, 0.717) is 40.6 Å². The van der Waals surface area contributed by atoms with Crippen LogP contribution < -0.4 is 10.6 Å². The van der Waals surface area contributed by atoms with E-state index < -0.39 is 5.82 Å². The van der Waals surface area contributed by atoms with Crippen molar-refractivity contribution in [1.29, 1.82) is 0 Å². The molecular formula is C20H23ClFN7. The highest BCUT2D eigenvalue weighted by molar-refractivity contribution is 6.31. The van der Waals surface area contributed by atoms with Gasteiger partial charge in [-0.05, 0) is 58.0 Å². The molecule has 1 saturated carbocycles. The highest BCUT2D eigenvalue weighted by Gasteiger charge is 2.24. The monoisotopic (exact) mass is 415 g/mol. The summed E-state index contributed by atoms with van der Waals surface area (Å²) in [4.78, 5) is 19.9. The number of fused-ring (bicyclic) bond motifs is 1. The summed E-state index contributed by atoms with van der Waals surface area (Å²) in [6, 6.07) is 5.30. The number of hydrogen-bond donors (Lipinski definition) is 2. The lowest BCUT2D eigenvalue weighted by Gasteiger charge is -2.33. The maximum absolute atomic E-state index is 13.4. The van der Waals surface area contributed by atoms with Crippen molar-refractivity contribution in [3.8, 4) is 0 Å². The molecule has 0 amide bonds. The van der Waals surface area contributed by atoms with Crippen LogP contribution in [-0.2, 0) is 0 Å². The Morgan fingerprint density at radius 3 is 2.83 bits per heavy atom. The average molecular weight is 416 g/mol. The van der Waals surface area contributed by atoms with E-state index in [0.717, 1.165) is 12.8 Å². The quantitative estimate of drug-likeness (QED) is 0.645. The molecule has 9 heteroatoms. The lowest BCUT2D eigenvalue weighted by atomic mass is 9.90. The van der Waals surface area contributed by atoms with Gasteiger partial charge in [0.1, 0.15) is 23.2 Å². The van der Waals surface area contributed by atoms with E-state index in [2.05, 4.69) is 49.6 Å². The smallest absolute Gasteiger partial charge is 0.223 e. The Morgan fingerprint density at radius 2 is 2.03 bits per heavy atom. The zero-order valence-electron chi connectivity index (χ0n) is 16.4. The van der Waals surface area contributed by atoms with E-state index in [4.69, 9.17) is 11.6 Å². The summed E-state index contributed by atoms with van der Waals surface area (Å²) < 4.78 is 13.4. The molecule has 2 atom stereocenters. The van der Waals surface area contributed by atoms with Crippen LogP contribution in [-0.4, -0.2) is 51.0 Å². The SMILES string of the molecule is CN(C)C1CCCC(Nc2ncc3ncnc(Nc4ccc(F)c(Cl)c4)c3n2)C1. The van der Waals surface area contributed by atoms with E-state index in [1.807, 2.05) is 0 Å². The Balaban J connectivity index is 1.58. The molecule has 2 unspecified atom stereocenters. The number of nitrogens with one attached hydrogen (secondary N) is 2. The largest absolute Gasteiger partial charge is 0.351 e. The molecule has 152 valence electrons. The zero-order valence-corrected chi connectivity index (χ0v) is 17.1. The Kier molecular flexibility index (Phi) is 5.73. The van der Waals surface area contributed by atoms with E-state index >= 15 is 0 Å². The van der Waals surface area contributed by atoms with Crippen molar-refractivity contribution in [2.24, 2.45) is 0 Å². The fraction of sp³-hybridized carbons (Fsp3) is 0.400. The number of nitrogens with zero attached hydrogens (tertiary/aromatic N) is 5. The lowest BCUT2D eigenvalue weighted by Crippen LogP contribution is -2.38. The van der Waals surface area contributed by atoms with Crippen molar-refractivity contribution in [2.45, 2.75) is 37.8 Å². The molecule has 4 rings (SSSR count). The molecule has 2 heterocycles. The van der Waals surface area contributed by atoms with Crippen molar-refractivity contribution in [2.75, 3.05) is 24.7 Å². The van der Waals surface area contributed by atoms with Crippen molar-refractivity contribution in [3.05, 3.63) is 41.6 Å². The van der Waals surface area contributed by atoms with Crippen LogP contribution in [0, 0.1) is 5.82 Å². The number of benzene rings is 1. The van der Waals surface area contributed by atoms with E-state index in [9.17, 15) is 4.39 Å². The van der Waals surface area contributed by atoms with Crippen LogP contribution in [0.15, 0.2) is 30.7 Å². The molecule has 7 nitrogen and oxygen atoms in total. The number of halogens is 2. The fourth-order valence-corrected chi connectivity index (χ4v) is 3.85. The molecule has 0 bridgehead atoms. The van der Waals surface area contributed by atoms with Gasteiger partial charge in [0.15, 0.2) is 5.82 Å². The molecule has 1 aliphatic carbocycles. The molecular weight excluding hydrogens is 393 g/mol. The van der Waals surface area contributed by atoms with Crippen LogP contribution in [0.1, 0.15) is 25.7 Å². The summed E-state index contributed by atoms with van der Waals surface area (Å²) in [7, 11) is 4.24. The summed E-state index contributed by atoms with van der Waals surface area (Å²) in [5, 5.41) is 6.64. The van der Waals surface area contributed by atoms with Gasteiger partial charge in [0.05, 0.1) is 11.2 Å². The van der Waals surface area contributed by atoms with Gasteiger partial charge in [-0.1, -0.05) is 11.6 Å². The van der Waals surface area contributed by atoms with Gasteiger partial charge in [0.2, 0.25) is 5.95 Å². The first-order valence-electron chi connectivity index (χ1n) is 9.62. The third-order valence-corrected chi connectivity index (χ3v) is 5.56. The molecule has 1 aliphatic rings. The van der Waals surface area contributed by atoms with Gasteiger partial charge in [-0.3, -0.25) is 0 Å². The first-order valence-corrected chi connectivity index (χ1v) is 10.00. The van der Waals surface area contributed by atoms with Gasteiger partial charge in [-0.2, -0.15) is 0 Å². The van der Waals surface area contributed by atoms with Gasteiger partial charge >= 0.3 is 0 Å². The molecule has 29 heavy (non-hydrogen) atoms. The molecule has 0 saturated heterocycles. The van der Waals surface area contributed by atoms with Crippen LogP contribution >= 0.6 is 11.6 Å². The summed E-state index contributed by atoms with van der Waals surface area (Å²) >= 11 is 5.88. The van der Waals surface area contributed by atoms with Crippen LogP contribution in [0.2, 0.25) is 5.02 Å². The molecule has 2 N–H and O–H groups in total. The van der Waals surface area contributed by atoms with Gasteiger partial charge < -0.3 is 15.5 Å². The fourth-order valence-electron chi connectivity index (χ4n) is 3.67. The highest BCUT2D eigenvalue weighted by atomic mass is 35.5. The minimum absolute atomic E-state index is 0.0399. The van der Waals surface area contributed by atoms with Crippen molar-refractivity contribution in [3.63, 3.8) is 0 Å².